The molecule has 2 heterocycles. The Bertz CT molecular complexity index is 1190. The minimum absolute atomic E-state index is 0.0722. The predicted octanol–water partition coefficient (Wildman–Crippen LogP) is -2.66. The van der Waals surface area contributed by atoms with Crippen LogP contribution in [0.4, 0.5) is 10.6 Å². The first kappa shape index (κ1) is 32.9. The summed E-state index contributed by atoms with van der Waals surface area (Å²) >= 11 is 0. The van der Waals surface area contributed by atoms with E-state index in [0.29, 0.717) is 0 Å². The van der Waals surface area contributed by atoms with Gasteiger partial charge in [-0.15, -0.1) is 0 Å². The van der Waals surface area contributed by atoms with Gasteiger partial charge >= 0.3 is 17.8 Å². The van der Waals surface area contributed by atoms with Crippen LogP contribution in [-0.4, -0.2) is 97.8 Å². The van der Waals surface area contributed by atoms with Crippen LogP contribution in [0, 0.1) is 0 Å². The Morgan fingerprint density at radius 3 is 2.49 bits per heavy atom. The van der Waals surface area contributed by atoms with Crippen molar-refractivity contribution in [2.45, 2.75) is 76.2 Å². The van der Waals surface area contributed by atoms with E-state index in [-0.39, 0.29) is 31.2 Å². The zero-order chi connectivity index (χ0) is 30.9. The summed E-state index contributed by atoms with van der Waals surface area (Å²) in [6.07, 6.45) is -5.80. The molecule has 10 N–H and O–H groups in total. The molecule has 1 fully saturated rings. The van der Waals surface area contributed by atoms with Gasteiger partial charge in [-0.3, -0.25) is 23.9 Å². The first-order valence-electron chi connectivity index (χ1n) is 12.5. The summed E-state index contributed by atoms with van der Waals surface area (Å²) in [4.78, 5) is 68.3. The van der Waals surface area contributed by atoms with E-state index in [1.807, 2.05) is 0 Å². The lowest BCUT2D eigenvalue weighted by Gasteiger charge is -2.21. The molecule has 18 nitrogen and oxygen atoms in total. The third-order valence-electron chi connectivity index (χ3n) is 5.46. The molecule has 1 saturated heterocycles. The van der Waals surface area contributed by atoms with Gasteiger partial charge in [0.1, 0.15) is 36.2 Å². The topological polar surface area (TPSA) is 283 Å². The largest absolute Gasteiger partial charge is 0.481 e. The van der Waals surface area contributed by atoms with Crippen molar-refractivity contribution >= 4 is 35.7 Å². The highest BCUT2D eigenvalue weighted by Crippen LogP contribution is 2.30. The molecular weight excluding hydrogens is 548 g/mol. The Balaban J connectivity index is 2.09. The SMILES string of the molecule is CC(C)(C)OC(=O)NCC(=O)N[C@@H](CCCN=C(N)N)C(=O)Nc1ccn([C@@H]2O[C@H](CC(=O)O)[C@@H](O)[C@@H]2O)c(=O)n1. The van der Waals surface area contributed by atoms with Gasteiger partial charge < -0.3 is 52.2 Å². The van der Waals surface area contributed by atoms with E-state index in [1.165, 1.54) is 6.07 Å². The molecule has 1 aliphatic heterocycles. The number of aliphatic carboxylic acids is 1. The van der Waals surface area contributed by atoms with Gasteiger partial charge in [0.2, 0.25) is 11.8 Å². The number of nitrogens with one attached hydrogen (secondary N) is 3. The maximum absolute atomic E-state index is 13.0. The zero-order valence-corrected chi connectivity index (χ0v) is 22.8. The Morgan fingerprint density at radius 1 is 1.22 bits per heavy atom. The van der Waals surface area contributed by atoms with Crippen LogP contribution in [0.15, 0.2) is 22.1 Å². The number of hydrogen-bond acceptors (Lipinski definition) is 11. The number of carboxylic acid groups (broad SMARTS) is 1. The van der Waals surface area contributed by atoms with Crippen molar-refractivity contribution in [3.8, 4) is 0 Å². The molecule has 0 aromatic carbocycles. The number of aliphatic imine (C=N–C) groups is 1. The number of nitrogens with two attached hydrogens (primary N) is 2. The van der Waals surface area contributed by atoms with Gasteiger partial charge in [-0.25, -0.2) is 9.59 Å². The monoisotopic (exact) mass is 584 g/mol. The maximum Gasteiger partial charge on any atom is 0.408 e. The molecule has 228 valence electrons. The third-order valence-corrected chi connectivity index (χ3v) is 5.46. The lowest BCUT2D eigenvalue weighted by atomic mass is 10.1. The summed E-state index contributed by atoms with van der Waals surface area (Å²) in [6.45, 7) is 4.62. The number of carboxylic acids is 1. The van der Waals surface area contributed by atoms with Crippen LogP contribution in [-0.2, 0) is 23.9 Å². The quantitative estimate of drug-likeness (QED) is 0.0708. The van der Waals surface area contributed by atoms with E-state index in [1.54, 1.807) is 20.8 Å². The van der Waals surface area contributed by atoms with Crippen molar-refractivity contribution in [2.75, 3.05) is 18.4 Å². The summed E-state index contributed by atoms with van der Waals surface area (Å²) in [5.74, 6) is -3.09. The molecule has 3 amide bonds. The van der Waals surface area contributed by atoms with E-state index in [9.17, 15) is 34.2 Å². The number of amides is 3. The highest BCUT2D eigenvalue weighted by Gasteiger charge is 2.45. The number of aliphatic hydroxyl groups excluding tert-OH is 2. The second-order valence-electron chi connectivity index (χ2n) is 10.1. The fourth-order valence-electron chi connectivity index (χ4n) is 3.67. The average Bonchev–Trinajstić information content (AvgIpc) is 3.11. The van der Waals surface area contributed by atoms with Crippen molar-refractivity contribution in [3.05, 3.63) is 22.7 Å². The van der Waals surface area contributed by atoms with Gasteiger partial charge in [0, 0.05) is 12.7 Å². The molecule has 1 aromatic heterocycles. The molecule has 5 atom stereocenters. The fourth-order valence-corrected chi connectivity index (χ4v) is 3.67. The Labute approximate surface area is 234 Å². The van der Waals surface area contributed by atoms with E-state index >= 15 is 0 Å². The first-order valence-corrected chi connectivity index (χ1v) is 12.5. The van der Waals surface area contributed by atoms with Crippen molar-refractivity contribution in [1.29, 1.82) is 0 Å². The van der Waals surface area contributed by atoms with Crippen LogP contribution >= 0.6 is 0 Å². The number of guanidine groups is 1. The van der Waals surface area contributed by atoms with Crippen molar-refractivity contribution in [2.24, 2.45) is 16.5 Å². The number of anilines is 1. The number of carbonyl (C=O) groups excluding carboxylic acids is 3. The number of hydrogen-bond donors (Lipinski definition) is 8. The van der Waals surface area contributed by atoms with E-state index in [0.717, 1.165) is 10.8 Å². The third kappa shape index (κ3) is 10.7. The number of ether oxygens (including phenoxy) is 2. The van der Waals surface area contributed by atoms with Gasteiger partial charge in [0.15, 0.2) is 12.2 Å². The number of nitrogens with zero attached hydrogens (tertiary/aromatic N) is 3. The Hall–Kier alpha value is -4.29. The van der Waals surface area contributed by atoms with E-state index in [4.69, 9.17) is 26.0 Å². The molecule has 0 saturated carbocycles. The lowest BCUT2D eigenvalue weighted by molar-refractivity contribution is -0.142. The van der Waals surface area contributed by atoms with Crippen LogP contribution in [0.1, 0.15) is 46.3 Å². The molecule has 0 aliphatic carbocycles. The van der Waals surface area contributed by atoms with Crippen LogP contribution in [0.5, 0.6) is 0 Å². The number of rotatable bonds is 12. The van der Waals surface area contributed by atoms with Gasteiger partial charge in [0.05, 0.1) is 12.5 Å². The Kier molecular flexibility index (Phi) is 11.5. The average molecular weight is 585 g/mol. The fraction of sp³-hybridized carbons (Fsp3) is 0.609. The second-order valence-corrected chi connectivity index (χ2v) is 10.1. The van der Waals surface area contributed by atoms with Gasteiger partial charge in [-0.1, -0.05) is 0 Å². The van der Waals surface area contributed by atoms with Crippen LogP contribution in [0.2, 0.25) is 0 Å². The summed E-state index contributed by atoms with van der Waals surface area (Å²) in [5.41, 5.74) is 8.84. The minimum atomic E-state index is -1.61. The molecule has 0 spiro atoms. The highest BCUT2D eigenvalue weighted by atomic mass is 16.6. The molecule has 18 heteroatoms. The number of alkyl carbamates (subject to hydrolysis) is 1. The summed E-state index contributed by atoms with van der Waals surface area (Å²) in [6, 6.07) is 0.0579. The molecule has 0 bridgehead atoms. The molecule has 1 aliphatic rings. The normalized spacial score (nSPS) is 20.9. The highest BCUT2D eigenvalue weighted by molar-refractivity contribution is 5.97. The molecule has 41 heavy (non-hydrogen) atoms. The maximum atomic E-state index is 13.0. The van der Waals surface area contributed by atoms with Crippen molar-refractivity contribution in [1.82, 2.24) is 20.2 Å². The first-order chi connectivity index (χ1) is 19.1. The zero-order valence-electron chi connectivity index (χ0n) is 22.8. The Morgan fingerprint density at radius 2 is 1.90 bits per heavy atom. The van der Waals surface area contributed by atoms with E-state index in [2.05, 4.69) is 25.9 Å². The van der Waals surface area contributed by atoms with Crippen LogP contribution < -0.4 is 33.1 Å². The molecule has 0 unspecified atom stereocenters. The number of aliphatic hydroxyl groups is 2. The molecule has 0 radical (unpaired) electrons. The summed E-state index contributed by atoms with van der Waals surface area (Å²) in [7, 11) is 0. The minimum Gasteiger partial charge on any atom is -0.481 e. The number of aromatic nitrogens is 2. The standard InChI is InChI=1S/C23H36N8O10/c1-23(2,3)41-22(39)27-10-14(32)28-11(5-4-7-26-20(24)25)18(37)29-13-6-8-31(21(38)30-13)19-17(36)16(35)12(40-19)9-15(33)34/h6,8,11-12,16-17,19,35-36H,4-5,7,9-10H2,1-3H3,(H,27,39)(H,28,32)(H,33,34)(H4,24,25,26)(H,29,30,37,38)/t11-,12+,16+,17-,19+/m0/s1. The molecule has 2 rings (SSSR count). The molecule has 1 aromatic rings. The molecular formula is C23H36N8O10. The van der Waals surface area contributed by atoms with E-state index < -0.39 is 78.7 Å². The number of carbonyl (C=O) groups is 4. The smallest absolute Gasteiger partial charge is 0.408 e. The summed E-state index contributed by atoms with van der Waals surface area (Å²) < 4.78 is 11.2. The van der Waals surface area contributed by atoms with Gasteiger partial charge in [0.25, 0.3) is 0 Å². The van der Waals surface area contributed by atoms with Crippen LogP contribution in [0.3, 0.4) is 0 Å². The second kappa shape index (κ2) is 14.4. The van der Waals surface area contributed by atoms with Crippen molar-refractivity contribution in [3.63, 3.8) is 0 Å². The summed E-state index contributed by atoms with van der Waals surface area (Å²) in [5, 5.41) is 36.4. The van der Waals surface area contributed by atoms with Crippen molar-refractivity contribution < 1.29 is 44.0 Å². The van der Waals surface area contributed by atoms with Crippen LogP contribution in [0.25, 0.3) is 0 Å². The predicted molar refractivity (Wildman–Crippen MR) is 141 cm³/mol. The van der Waals surface area contributed by atoms with Gasteiger partial charge in [-0.05, 0) is 39.7 Å². The lowest BCUT2D eigenvalue weighted by Crippen LogP contribution is -2.48. The van der Waals surface area contributed by atoms with Gasteiger partial charge in [-0.2, -0.15) is 4.98 Å².